The molecule has 5 rings (SSSR count). The summed E-state index contributed by atoms with van der Waals surface area (Å²) in [7, 11) is 0. The fraction of sp³-hybridized carbons (Fsp3) is 0.522. The van der Waals surface area contributed by atoms with Crippen molar-refractivity contribution in [3.8, 4) is 6.01 Å². The van der Waals surface area contributed by atoms with Crippen LogP contribution >= 0.6 is 0 Å². The first kappa shape index (κ1) is 20.2. The molecule has 0 radical (unpaired) electrons. The highest BCUT2D eigenvalue weighted by Crippen LogP contribution is 2.49. The molecule has 2 unspecified atom stereocenters. The number of carbonyl (C=O) groups is 1. The highest BCUT2D eigenvalue weighted by Gasteiger charge is 2.51. The Balaban J connectivity index is 1.24. The summed E-state index contributed by atoms with van der Waals surface area (Å²) in [6.45, 7) is 5.10. The van der Waals surface area contributed by atoms with Crippen molar-refractivity contribution in [1.29, 1.82) is 0 Å². The van der Waals surface area contributed by atoms with Crippen molar-refractivity contribution in [2.24, 2.45) is 11.3 Å². The molecule has 8 heteroatoms. The number of hydrogen-bond donors (Lipinski definition) is 0. The topological polar surface area (TPSA) is 67.8 Å². The van der Waals surface area contributed by atoms with Gasteiger partial charge in [-0.05, 0) is 43.0 Å². The Bertz CT molecular complexity index is 917. The Hall–Kier alpha value is -2.74. The molecule has 1 saturated carbocycles. The number of morpholine rings is 1. The monoisotopic (exact) mass is 426 g/mol. The third-order valence-electron chi connectivity index (χ3n) is 6.90. The third-order valence-corrected chi connectivity index (χ3v) is 6.90. The zero-order valence-electron chi connectivity index (χ0n) is 17.5. The summed E-state index contributed by atoms with van der Waals surface area (Å²) in [4.78, 5) is 25.2. The van der Waals surface area contributed by atoms with Crippen LogP contribution in [0.5, 0.6) is 6.01 Å². The molecule has 1 aromatic heterocycles. The Morgan fingerprint density at radius 3 is 2.68 bits per heavy atom. The molecule has 1 amide bonds. The van der Waals surface area contributed by atoms with E-state index in [1.165, 1.54) is 0 Å². The number of likely N-dealkylation sites (tertiary alicyclic amines) is 1. The second-order valence-electron chi connectivity index (χ2n) is 8.76. The zero-order valence-corrected chi connectivity index (χ0v) is 17.5. The maximum Gasteiger partial charge on any atom is 0.316 e. The molecule has 7 nitrogen and oxygen atoms in total. The lowest BCUT2D eigenvalue weighted by atomic mass is 9.82. The highest BCUT2D eigenvalue weighted by atomic mass is 19.1. The van der Waals surface area contributed by atoms with Crippen molar-refractivity contribution >= 4 is 11.6 Å². The summed E-state index contributed by atoms with van der Waals surface area (Å²) in [5.74, 6) is -0.00797. The van der Waals surface area contributed by atoms with Crippen molar-refractivity contribution in [3.05, 3.63) is 48.0 Å². The minimum atomic E-state index is -0.485. The first-order valence-corrected chi connectivity index (χ1v) is 11.0. The molecule has 31 heavy (non-hydrogen) atoms. The molecule has 2 aliphatic heterocycles. The molecule has 3 aliphatic rings. The molecule has 0 spiro atoms. The number of amides is 1. The maximum atomic E-state index is 13.2. The van der Waals surface area contributed by atoms with Crippen LogP contribution in [0.15, 0.2) is 36.7 Å². The fourth-order valence-corrected chi connectivity index (χ4v) is 5.21. The van der Waals surface area contributed by atoms with Gasteiger partial charge in [0.25, 0.3) is 5.91 Å². The van der Waals surface area contributed by atoms with E-state index in [9.17, 15) is 9.18 Å². The average Bonchev–Trinajstić information content (AvgIpc) is 3.37. The fourth-order valence-electron chi connectivity index (χ4n) is 5.21. The first-order chi connectivity index (χ1) is 15.1. The lowest BCUT2D eigenvalue weighted by molar-refractivity contribution is 0.0742. The minimum absolute atomic E-state index is 0.0698. The van der Waals surface area contributed by atoms with Crippen molar-refractivity contribution in [3.63, 3.8) is 0 Å². The molecular formula is C23H27FN4O3. The van der Waals surface area contributed by atoms with Gasteiger partial charge in [0.15, 0.2) is 5.82 Å². The van der Waals surface area contributed by atoms with Crippen LogP contribution in [-0.2, 0) is 4.74 Å². The molecule has 2 aromatic rings. The van der Waals surface area contributed by atoms with Gasteiger partial charge >= 0.3 is 6.01 Å². The van der Waals surface area contributed by atoms with Crippen molar-refractivity contribution < 1.29 is 18.7 Å². The Kier molecular flexibility index (Phi) is 5.48. The van der Waals surface area contributed by atoms with Crippen LogP contribution in [0.4, 0.5) is 10.1 Å². The summed E-state index contributed by atoms with van der Waals surface area (Å²) in [5, 5.41) is 0. The van der Waals surface area contributed by atoms with Crippen molar-refractivity contribution in [2.45, 2.75) is 19.3 Å². The summed E-state index contributed by atoms with van der Waals surface area (Å²) in [6.07, 6.45) is 5.45. The standard InChI is InChI=1S/C23H27FN4O3/c24-19-12-25-22(26-13-19)31-16-23-7-1-2-18(23)14-28(15-23)21(29)17-3-5-20(6-4-17)27-8-10-30-11-9-27/h3-6,12-13,18H,1-2,7-11,14-16H2. The number of benzene rings is 1. The normalized spacial score (nSPS) is 25.5. The highest BCUT2D eigenvalue weighted by molar-refractivity contribution is 5.94. The van der Waals surface area contributed by atoms with Gasteiger partial charge in [-0.15, -0.1) is 0 Å². The Labute approximate surface area is 181 Å². The van der Waals surface area contributed by atoms with Gasteiger partial charge in [-0.1, -0.05) is 6.42 Å². The van der Waals surface area contributed by atoms with Gasteiger partial charge < -0.3 is 19.3 Å². The van der Waals surface area contributed by atoms with E-state index < -0.39 is 5.82 Å². The van der Waals surface area contributed by atoms with E-state index in [-0.39, 0.29) is 17.3 Å². The van der Waals surface area contributed by atoms with Gasteiger partial charge in [-0.2, -0.15) is 0 Å². The van der Waals surface area contributed by atoms with Crippen molar-refractivity contribution in [1.82, 2.24) is 14.9 Å². The molecule has 1 aliphatic carbocycles. The lowest BCUT2D eigenvalue weighted by Crippen LogP contribution is -2.36. The molecule has 164 valence electrons. The van der Waals surface area contributed by atoms with Gasteiger partial charge in [0.2, 0.25) is 0 Å². The van der Waals surface area contributed by atoms with Crippen LogP contribution in [-0.4, -0.2) is 66.8 Å². The zero-order chi connectivity index (χ0) is 21.3. The molecule has 3 fully saturated rings. The minimum Gasteiger partial charge on any atom is -0.463 e. The predicted octanol–water partition coefficient (Wildman–Crippen LogP) is 2.77. The van der Waals surface area contributed by atoms with E-state index in [0.717, 1.165) is 75.8 Å². The number of hydrogen-bond acceptors (Lipinski definition) is 6. The van der Waals surface area contributed by atoms with Gasteiger partial charge in [0.1, 0.15) is 0 Å². The molecular weight excluding hydrogens is 399 g/mol. The van der Waals surface area contributed by atoms with Crippen LogP contribution in [0.3, 0.4) is 0 Å². The van der Waals surface area contributed by atoms with Crippen molar-refractivity contribution in [2.75, 3.05) is 50.9 Å². The number of halogens is 1. The second kappa shape index (κ2) is 8.42. The second-order valence-corrected chi connectivity index (χ2v) is 8.76. The van der Waals surface area contributed by atoms with Crippen LogP contribution < -0.4 is 9.64 Å². The molecule has 3 heterocycles. The molecule has 0 N–H and O–H groups in total. The first-order valence-electron chi connectivity index (χ1n) is 11.0. The van der Waals surface area contributed by atoms with E-state index in [0.29, 0.717) is 19.1 Å². The van der Waals surface area contributed by atoms with Gasteiger partial charge in [0.05, 0.1) is 32.2 Å². The van der Waals surface area contributed by atoms with Crippen LogP contribution in [0, 0.1) is 17.2 Å². The van der Waals surface area contributed by atoms with Crippen LogP contribution in [0.25, 0.3) is 0 Å². The van der Waals surface area contributed by atoms with E-state index in [1.54, 1.807) is 0 Å². The number of ether oxygens (including phenoxy) is 2. The predicted molar refractivity (Wildman–Crippen MR) is 113 cm³/mol. The van der Waals surface area contributed by atoms with E-state index >= 15 is 0 Å². The summed E-state index contributed by atoms with van der Waals surface area (Å²) in [6, 6.07) is 8.10. The smallest absolute Gasteiger partial charge is 0.316 e. The molecule has 2 saturated heterocycles. The van der Waals surface area contributed by atoms with E-state index in [4.69, 9.17) is 9.47 Å². The maximum absolute atomic E-state index is 13.2. The van der Waals surface area contributed by atoms with Gasteiger partial charge in [-0.3, -0.25) is 4.79 Å². The van der Waals surface area contributed by atoms with E-state index in [2.05, 4.69) is 14.9 Å². The Morgan fingerprint density at radius 2 is 1.94 bits per heavy atom. The molecule has 2 atom stereocenters. The summed E-state index contributed by atoms with van der Waals surface area (Å²) >= 11 is 0. The lowest BCUT2D eigenvalue weighted by Gasteiger charge is -2.29. The molecule has 1 aromatic carbocycles. The molecule has 0 bridgehead atoms. The quantitative estimate of drug-likeness (QED) is 0.733. The number of nitrogens with zero attached hydrogens (tertiary/aromatic N) is 4. The number of fused-ring (bicyclic) bond motifs is 1. The largest absolute Gasteiger partial charge is 0.463 e. The Morgan fingerprint density at radius 1 is 1.19 bits per heavy atom. The van der Waals surface area contributed by atoms with Gasteiger partial charge in [0, 0.05) is 42.8 Å². The SMILES string of the molecule is O=C(c1ccc(N2CCOCC2)cc1)N1CC2CCCC2(COc2ncc(F)cn2)C1. The summed E-state index contributed by atoms with van der Waals surface area (Å²) < 4.78 is 24.3. The third kappa shape index (κ3) is 4.08. The summed E-state index contributed by atoms with van der Waals surface area (Å²) in [5.41, 5.74) is 1.76. The number of anilines is 1. The van der Waals surface area contributed by atoms with Crippen LogP contribution in [0.2, 0.25) is 0 Å². The van der Waals surface area contributed by atoms with E-state index in [1.807, 2.05) is 29.2 Å². The number of carbonyl (C=O) groups excluding carboxylic acids is 1. The van der Waals surface area contributed by atoms with Crippen LogP contribution in [0.1, 0.15) is 29.6 Å². The average molecular weight is 426 g/mol. The number of rotatable bonds is 5. The number of aromatic nitrogens is 2. The van der Waals surface area contributed by atoms with Gasteiger partial charge in [-0.25, -0.2) is 14.4 Å².